The standard InChI is InChI=1S/C17H25F2N3O2/c1-12(14-4-6-15(7-5-14)24-16(18)19)20-17(23)22(3)11-13-8-9-21(2)10-13/h4-7,12-13,16H,8-11H2,1-3H3,(H,20,23)/t12-,13-/m0/s1. The van der Waals surface area contributed by atoms with E-state index in [9.17, 15) is 13.6 Å². The molecule has 1 aromatic rings. The minimum absolute atomic E-state index is 0.106. The van der Waals surface area contributed by atoms with E-state index in [1.807, 2.05) is 6.92 Å². The van der Waals surface area contributed by atoms with Crippen molar-refractivity contribution in [3.8, 4) is 5.75 Å². The Morgan fingerprint density at radius 1 is 1.42 bits per heavy atom. The van der Waals surface area contributed by atoms with E-state index in [0.717, 1.165) is 31.6 Å². The molecule has 1 fully saturated rings. The highest BCUT2D eigenvalue weighted by molar-refractivity contribution is 5.74. The lowest BCUT2D eigenvalue weighted by Crippen LogP contribution is -2.41. The Morgan fingerprint density at radius 2 is 2.08 bits per heavy atom. The lowest BCUT2D eigenvalue weighted by Gasteiger charge is -2.24. The fraction of sp³-hybridized carbons (Fsp3) is 0.588. The molecule has 0 saturated carbocycles. The molecule has 0 spiro atoms. The van der Waals surface area contributed by atoms with Gasteiger partial charge in [-0.15, -0.1) is 0 Å². The summed E-state index contributed by atoms with van der Waals surface area (Å²) >= 11 is 0. The van der Waals surface area contributed by atoms with Gasteiger partial charge in [-0.2, -0.15) is 8.78 Å². The second-order valence-electron chi connectivity index (χ2n) is 6.42. The number of ether oxygens (including phenoxy) is 1. The second kappa shape index (κ2) is 8.28. The van der Waals surface area contributed by atoms with E-state index in [1.54, 1.807) is 24.1 Å². The first-order chi connectivity index (χ1) is 11.3. The predicted molar refractivity (Wildman–Crippen MR) is 88.3 cm³/mol. The summed E-state index contributed by atoms with van der Waals surface area (Å²) in [4.78, 5) is 16.3. The van der Waals surface area contributed by atoms with E-state index in [1.165, 1.54) is 12.1 Å². The molecule has 5 nitrogen and oxygen atoms in total. The number of nitrogens with one attached hydrogen (secondary N) is 1. The number of nitrogens with zero attached hydrogens (tertiary/aromatic N) is 2. The number of carbonyl (C=O) groups excluding carboxylic acids is 1. The van der Waals surface area contributed by atoms with Crippen LogP contribution < -0.4 is 10.1 Å². The van der Waals surface area contributed by atoms with Crippen molar-refractivity contribution in [2.45, 2.75) is 26.0 Å². The zero-order valence-corrected chi connectivity index (χ0v) is 14.3. The molecule has 1 aliphatic rings. The first-order valence-corrected chi connectivity index (χ1v) is 8.10. The number of halogens is 2. The summed E-state index contributed by atoms with van der Waals surface area (Å²) in [6.07, 6.45) is 1.11. The number of likely N-dealkylation sites (tertiary alicyclic amines) is 1. The third-order valence-electron chi connectivity index (χ3n) is 4.31. The van der Waals surface area contributed by atoms with Gasteiger partial charge in [0.15, 0.2) is 0 Å². The van der Waals surface area contributed by atoms with Crippen molar-refractivity contribution in [2.24, 2.45) is 5.92 Å². The molecule has 24 heavy (non-hydrogen) atoms. The van der Waals surface area contributed by atoms with E-state index in [-0.39, 0.29) is 17.8 Å². The van der Waals surface area contributed by atoms with Gasteiger partial charge in [0.1, 0.15) is 5.75 Å². The second-order valence-corrected chi connectivity index (χ2v) is 6.42. The molecule has 0 radical (unpaired) electrons. The van der Waals surface area contributed by atoms with Crippen LogP contribution in [-0.4, -0.2) is 56.2 Å². The average molecular weight is 341 g/mol. The summed E-state index contributed by atoms with van der Waals surface area (Å²) in [5.74, 6) is 0.613. The SMILES string of the molecule is C[C@H](NC(=O)N(C)C[C@H]1CCN(C)C1)c1ccc(OC(F)F)cc1. The molecule has 1 aliphatic heterocycles. The quantitative estimate of drug-likeness (QED) is 0.865. The summed E-state index contributed by atoms with van der Waals surface area (Å²) in [5.41, 5.74) is 0.832. The van der Waals surface area contributed by atoms with Gasteiger partial charge in [0.2, 0.25) is 0 Å². The highest BCUT2D eigenvalue weighted by atomic mass is 19.3. The van der Waals surface area contributed by atoms with E-state index < -0.39 is 6.61 Å². The zero-order valence-electron chi connectivity index (χ0n) is 14.3. The number of hydrogen-bond acceptors (Lipinski definition) is 3. The Kier molecular flexibility index (Phi) is 6.36. The first-order valence-electron chi connectivity index (χ1n) is 8.10. The first kappa shape index (κ1) is 18.4. The number of rotatable bonds is 6. The minimum Gasteiger partial charge on any atom is -0.435 e. The van der Waals surface area contributed by atoms with Crippen LogP contribution in [0.4, 0.5) is 13.6 Å². The Bertz CT molecular complexity index is 539. The van der Waals surface area contributed by atoms with Gasteiger partial charge < -0.3 is 19.9 Å². The lowest BCUT2D eigenvalue weighted by atomic mass is 10.1. The molecular weight excluding hydrogens is 316 g/mol. The molecular formula is C17H25F2N3O2. The van der Waals surface area contributed by atoms with Crippen LogP contribution in [0.3, 0.4) is 0 Å². The van der Waals surface area contributed by atoms with Gasteiger partial charge in [0, 0.05) is 20.1 Å². The maximum absolute atomic E-state index is 12.3. The van der Waals surface area contributed by atoms with Gasteiger partial charge in [-0.3, -0.25) is 0 Å². The molecule has 0 bridgehead atoms. The van der Waals surface area contributed by atoms with Crippen molar-refractivity contribution in [1.29, 1.82) is 0 Å². The molecule has 7 heteroatoms. The van der Waals surface area contributed by atoms with Crippen molar-refractivity contribution in [1.82, 2.24) is 15.1 Å². The van der Waals surface area contributed by atoms with E-state index in [2.05, 4.69) is 22.0 Å². The van der Waals surface area contributed by atoms with Gasteiger partial charge in [-0.25, -0.2) is 4.79 Å². The Balaban J connectivity index is 1.84. The molecule has 0 unspecified atom stereocenters. The van der Waals surface area contributed by atoms with Gasteiger partial charge in [0.05, 0.1) is 6.04 Å². The third kappa shape index (κ3) is 5.33. The molecule has 1 saturated heterocycles. The fourth-order valence-corrected chi connectivity index (χ4v) is 2.96. The van der Waals surface area contributed by atoms with Crippen molar-refractivity contribution in [2.75, 3.05) is 33.7 Å². The zero-order chi connectivity index (χ0) is 17.7. The minimum atomic E-state index is -2.84. The number of carbonyl (C=O) groups is 1. The van der Waals surface area contributed by atoms with Crippen LogP contribution in [-0.2, 0) is 0 Å². The molecule has 1 heterocycles. The van der Waals surface area contributed by atoms with Gasteiger partial charge in [-0.05, 0) is 50.6 Å². The summed E-state index contributed by atoms with van der Waals surface area (Å²) in [5, 5.41) is 2.93. The van der Waals surface area contributed by atoms with Gasteiger partial charge in [-0.1, -0.05) is 12.1 Å². The maximum Gasteiger partial charge on any atom is 0.387 e. The van der Waals surface area contributed by atoms with Gasteiger partial charge in [0.25, 0.3) is 0 Å². The summed E-state index contributed by atoms with van der Waals surface area (Å²) in [6, 6.07) is 5.95. The Morgan fingerprint density at radius 3 is 2.62 bits per heavy atom. The summed E-state index contributed by atoms with van der Waals surface area (Å²) in [7, 11) is 3.88. The summed E-state index contributed by atoms with van der Waals surface area (Å²) < 4.78 is 28.6. The Labute approximate surface area is 141 Å². The predicted octanol–water partition coefficient (Wildman–Crippen LogP) is 2.94. The average Bonchev–Trinajstić information content (AvgIpc) is 2.92. The molecule has 2 rings (SSSR count). The van der Waals surface area contributed by atoms with Crippen LogP contribution in [0, 0.1) is 5.92 Å². The largest absolute Gasteiger partial charge is 0.435 e. The molecule has 2 amide bonds. The van der Waals surface area contributed by atoms with Crippen LogP contribution in [0.25, 0.3) is 0 Å². The normalized spacial score (nSPS) is 19.3. The molecule has 2 atom stereocenters. The smallest absolute Gasteiger partial charge is 0.387 e. The van der Waals surface area contributed by atoms with E-state index in [4.69, 9.17) is 0 Å². The number of urea groups is 1. The van der Waals surface area contributed by atoms with Crippen molar-refractivity contribution in [3.63, 3.8) is 0 Å². The number of alkyl halides is 2. The van der Waals surface area contributed by atoms with Crippen LogP contribution >= 0.6 is 0 Å². The number of benzene rings is 1. The van der Waals surface area contributed by atoms with Gasteiger partial charge >= 0.3 is 12.6 Å². The monoisotopic (exact) mass is 341 g/mol. The van der Waals surface area contributed by atoms with Crippen molar-refractivity contribution >= 4 is 6.03 Å². The summed E-state index contributed by atoms with van der Waals surface area (Å²) in [6.45, 7) is 1.83. The number of hydrogen-bond donors (Lipinski definition) is 1. The topological polar surface area (TPSA) is 44.8 Å². The van der Waals surface area contributed by atoms with Crippen LogP contribution in [0.5, 0.6) is 5.75 Å². The molecule has 1 aromatic carbocycles. The molecule has 0 aromatic heterocycles. The third-order valence-corrected chi connectivity index (χ3v) is 4.31. The fourth-order valence-electron chi connectivity index (χ4n) is 2.96. The van der Waals surface area contributed by atoms with Crippen LogP contribution in [0.15, 0.2) is 24.3 Å². The van der Waals surface area contributed by atoms with Crippen molar-refractivity contribution < 1.29 is 18.3 Å². The molecule has 0 aliphatic carbocycles. The highest BCUT2D eigenvalue weighted by Crippen LogP contribution is 2.20. The Hall–Kier alpha value is -1.89. The molecule has 134 valence electrons. The van der Waals surface area contributed by atoms with E-state index in [0.29, 0.717) is 5.92 Å². The molecule has 1 N–H and O–H groups in total. The lowest BCUT2D eigenvalue weighted by molar-refractivity contribution is -0.0498. The van der Waals surface area contributed by atoms with E-state index >= 15 is 0 Å². The highest BCUT2D eigenvalue weighted by Gasteiger charge is 2.23. The van der Waals surface area contributed by atoms with Crippen LogP contribution in [0.1, 0.15) is 24.9 Å². The maximum atomic E-state index is 12.3. The van der Waals surface area contributed by atoms with Crippen molar-refractivity contribution in [3.05, 3.63) is 29.8 Å². The number of amides is 2. The van der Waals surface area contributed by atoms with Crippen LogP contribution in [0.2, 0.25) is 0 Å².